The molecule has 0 aromatic rings. The van der Waals surface area contributed by atoms with Gasteiger partial charge in [-0.2, -0.15) is 0 Å². The molecule has 0 aromatic heterocycles. The van der Waals surface area contributed by atoms with Gasteiger partial charge in [0.25, 0.3) is 0 Å². The molecule has 0 heterocycles. The van der Waals surface area contributed by atoms with E-state index in [2.05, 4.69) is 5.32 Å². The summed E-state index contributed by atoms with van der Waals surface area (Å²) in [6, 6.07) is -0.308. The molecule has 0 aliphatic heterocycles. The van der Waals surface area contributed by atoms with Crippen LogP contribution in [0.1, 0.15) is 47.5 Å². The summed E-state index contributed by atoms with van der Waals surface area (Å²) in [4.78, 5) is 24.6. The van der Waals surface area contributed by atoms with Crippen LogP contribution >= 0.6 is 0 Å². The number of carboxylic acid groups (broad SMARTS) is 1. The Morgan fingerprint density at radius 1 is 1.22 bits per heavy atom. The highest BCUT2D eigenvalue weighted by atomic mass is 16.4. The summed E-state index contributed by atoms with van der Waals surface area (Å²) in [6.45, 7) is 10.2. The lowest BCUT2D eigenvalue weighted by atomic mass is 10.1. The topological polar surface area (TPSA) is 69.6 Å². The van der Waals surface area contributed by atoms with Crippen LogP contribution < -0.4 is 5.32 Å². The molecule has 0 aliphatic rings. The SMILES string of the molecule is CCC(C)NC(=O)C(C)N(CC)C(C)CC(=O)O. The summed E-state index contributed by atoms with van der Waals surface area (Å²) in [5, 5.41) is 11.7. The van der Waals surface area contributed by atoms with Crippen LogP contribution in [0.5, 0.6) is 0 Å². The number of hydrogen-bond donors (Lipinski definition) is 2. The van der Waals surface area contributed by atoms with Crippen molar-refractivity contribution in [2.45, 2.75) is 65.6 Å². The summed E-state index contributed by atoms with van der Waals surface area (Å²) >= 11 is 0. The molecule has 0 spiro atoms. The Morgan fingerprint density at radius 2 is 1.78 bits per heavy atom. The van der Waals surface area contributed by atoms with E-state index in [0.29, 0.717) is 6.54 Å². The number of rotatable bonds is 8. The molecule has 0 bridgehead atoms. The molecule has 0 saturated heterocycles. The highest BCUT2D eigenvalue weighted by Gasteiger charge is 2.26. The van der Waals surface area contributed by atoms with Crippen molar-refractivity contribution in [3.63, 3.8) is 0 Å². The Balaban J connectivity index is 4.54. The molecular weight excluding hydrogens is 232 g/mol. The largest absolute Gasteiger partial charge is 0.481 e. The van der Waals surface area contributed by atoms with Gasteiger partial charge in [0.2, 0.25) is 5.91 Å². The fourth-order valence-electron chi connectivity index (χ4n) is 1.95. The van der Waals surface area contributed by atoms with Crippen molar-refractivity contribution in [1.29, 1.82) is 0 Å². The van der Waals surface area contributed by atoms with E-state index in [1.54, 1.807) is 0 Å². The van der Waals surface area contributed by atoms with Crippen LogP contribution in [-0.2, 0) is 9.59 Å². The standard InChI is InChI=1S/C13H26N2O3/c1-6-9(3)14-13(18)11(5)15(7-2)10(4)8-12(16)17/h9-11H,6-8H2,1-5H3,(H,14,18)(H,16,17). The monoisotopic (exact) mass is 258 g/mol. The minimum atomic E-state index is -0.838. The van der Waals surface area contributed by atoms with Gasteiger partial charge in [-0.1, -0.05) is 13.8 Å². The van der Waals surface area contributed by atoms with E-state index in [9.17, 15) is 9.59 Å². The van der Waals surface area contributed by atoms with Gasteiger partial charge < -0.3 is 10.4 Å². The van der Waals surface area contributed by atoms with E-state index in [-0.39, 0.29) is 30.5 Å². The third kappa shape index (κ3) is 5.49. The number of nitrogens with zero attached hydrogens (tertiary/aromatic N) is 1. The third-order valence-electron chi connectivity index (χ3n) is 3.28. The lowest BCUT2D eigenvalue weighted by Crippen LogP contribution is -2.50. The average Bonchev–Trinajstić information content (AvgIpc) is 2.28. The van der Waals surface area contributed by atoms with Crippen LogP contribution in [0.4, 0.5) is 0 Å². The van der Waals surface area contributed by atoms with Crippen LogP contribution in [0.25, 0.3) is 0 Å². The molecule has 0 aliphatic carbocycles. The third-order valence-corrected chi connectivity index (χ3v) is 3.28. The maximum absolute atomic E-state index is 12.0. The number of aliphatic carboxylic acids is 1. The molecule has 0 aromatic carbocycles. The van der Waals surface area contributed by atoms with Gasteiger partial charge in [0.15, 0.2) is 0 Å². The summed E-state index contributed by atoms with van der Waals surface area (Å²) in [6.07, 6.45) is 0.935. The highest BCUT2D eigenvalue weighted by molar-refractivity contribution is 5.81. The minimum Gasteiger partial charge on any atom is -0.481 e. The number of hydrogen-bond acceptors (Lipinski definition) is 3. The highest BCUT2D eigenvalue weighted by Crippen LogP contribution is 2.09. The van der Waals surface area contributed by atoms with Gasteiger partial charge in [-0.25, -0.2) is 0 Å². The fraction of sp³-hybridized carbons (Fsp3) is 0.846. The number of amides is 1. The second kappa shape index (κ2) is 8.08. The van der Waals surface area contributed by atoms with Crippen LogP contribution in [0.15, 0.2) is 0 Å². The zero-order valence-electron chi connectivity index (χ0n) is 12.1. The molecule has 3 unspecified atom stereocenters. The van der Waals surface area contributed by atoms with E-state index in [1.807, 2.05) is 39.5 Å². The molecule has 18 heavy (non-hydrogen) atoms. The molecule has 3 atom stereocenters. The predicted molar refractivity (Wildman–Crippen MR) is 71.5 cm³/mol. The van der Waals surface area contributed by atoms with Crippen LogP contribution in [0, 0.1) is 0 Å². The maximum Gasteiger partial charge on any atom is 0.304 e. The lowest BCUT2D eigenvalue weighted by molar-refractivity contribution is -0.139. The van der Waals surface area contributed by atoms with Crippen molar-refractivity contribution < 1.29 is 14.7 Å². The fourth-order valence-corrected chi connectivity index (χ4v) is 1.95. The second-order valence-electron chi connectivity index (χ2n) is 4.77. The molecule has 0 fully saturated rings. The first-order valence-corrected chi connectivity index (χ1v) is 6.61. The molecule has 5 nitrogen and oxygen atoms in total. The van der Waals surface area contributed by atoms with Gasteiger partial charge in [0, 0.05) is 12.1 Å². The van der Waals surface area contributed by atoms with E-state index < -0.39 is 5.97 Å². The van der Waals surface area contributed by atoms with Crippen molar-refractivity contribution in [3.8, 4) is 0 Å². The Morgan fingerprint density at radius 3 is 2.17 bits per heavy atom. The van der Waals surface area contributed by atoms with Crippen LogP contribution in [-0.4, -0.2) is 46.6 Å². The van der Waals surface area contributed by atoms with Crippen molar-refractivity contribution in [1.82, 2.24) is 10.2 Å². The van der Waals surface area contributed by atoms with Gasteiger partial charge in [0.05, 0.1) is 12.5 Å². The van der Waals surface area contributed by atoms with E-state index >= 15 is 0 Å². The van der Waals surface area contributed by atoms with Crippen molar-refractivity contribution >= 4 is 11.9 Å². The molecule has 0 saturated carbocycles. The molecule has 0 radical (unpaired) electrons. The van der Waals surface area contributed by atoms with E-state index in [4.69, 9.17) is 5.11 Å². The molecular formula is C13H26N2O3. The van der Waals surface area contributed by atoms with Gasteiger partial charge in [-0.15, -0.1) is 0 Å². The second-order valence-corrected chi connectivity index (χ2v) is 4.77. The zero-order chi connectivity index (χ0) is 14.3. The summed E-state index contributed by atoms with van der Waals surface area (Å²) < 4.78 is 0. The van der Waals surface area contributed by atoms with Crippen molar-refractivity contribution in [2.24, 2.45) is 0 Å². The number of carbonyl (C=O) groups excluding carboxylic acids is 1. The van der Waals surface area contributed by atoms with E-state index in [1.165, 1.54) is 0 Å². The van der Waals surface area contributed by atoms with Gasteiger partial charge in [-0.05, 0) is 33.7 Å². The van der Waals surface area contributed by atoms with Crippen molar-refractivity contribution in [2.75, 3.05) is 6.54 Å². The maximum atomic E-state index is 12.0. The summed E-state index contributed by atoms with van der Waals surface area (Å²) in [5.74, 6) is -0.876. The zero-order valence-corrected chi connectivity index (χ0v) is 12.1. The Bertz CT molecular complexity index is 281. The predicted octanol–water partition coefficient (Wildman–Crippen LogP) is 1.47. The van der Waals surface area contributed by atoms with Crippen molar-refractivity contribution in [3.05, 3.63) is 0 Å². The summed E-state index contributed by atoms with van der Waals surface area (Å²) in [7, 11) is 0. The van der Waals surface area contributed by atoms with Gasteiger partial charge in [0.1, 0.15) is 0 Å². The molecule has 1 amide bonds. The molecule has 2 N–H and O–H groups in total. The average molecular weight is 258 g/mol. The Hall–Kier alpha value is -1.10. The Kier molecular flexibility index (Phi) is 7.59. The molecule has 0 rings (SSSR count). The molecule has 5 heteroatoms. The molecule has 106 valence electrons. The smallest absolute Gasteiger partial charge is 0.304 e. The van der Waals surface area contributed by atoms with E-state index in [0.717, 1.165) is 6.42 Å². The van der Waals surface area contributed by atoms with Crippen LogP contribution in [0.3, 0.4) is 0 Å². The van der Waals surface area contributed by atoms with Crippen LogP contribution in [0.2, 0.25) is 0 Å². The quantitative estimate of drug-likeness (QED) is 0.692. The first-order chi connectivity index (χ1) is 8.33. The first-order valence-electron chi connectivity index (χ1n) is 6.61. The number of nitrogens with one attached hydrogen (secondary N) is 1. The number of carbonyl (C=O) groups is 2. The minimum absolute atomic E-state index is 0.0385. The lowest BCUT2D eigenvalue weighted by Gasteiger charge is -2.32. The van der Waals surface area contributed by atoms with Gasteiger partial charge >= 0.3 is 5.97 Å². The normalized spacial score (nSPS) is 16.1. The first kappa shape index (κ1) is 16.9. The Labute approximate surface area is 110 Å². The number of likely N-dealkylation sites (N-methyl/N-ethyl adjacent to an activating group) is 1. The summed E-state index contributed by atoms with van der Waals surface area (Å²) in [5.41, 5.74) is 0. The number of carboxylic acids is 1. The van der Waals surface area contributed by atoms with Gasteiger partial charge in [-0.3, -0.25) is 14.5 Å².